The molecule has 2 rings (SSSR count). The van der Waals surface area contributed by atoms with Crippen molar-refractivity contribution in [3.63, 3.8) is 0 Å². The van der Waals surface area contributed by atoms with Gasteiger partial charge in [0.15, 0.2) is 5.15 Å². The highest BCUT2D eigenvalue weighted by molar-refractivity contribution is 9.11. The zero-order valence-corrected chi connectivity index (χ0v) is 10.3. The van der Waals surface area contributed by atoms with Crippen LogP contribution in [0.15, 0.2) is 15.9 Å². The summed E-state index contributed by atoms with van der Waals surface area (Å²) in [6.45, 7) is 1.76. The van der Waals surface area contributed by atoms with E-state index < -0.39 is 0 Å². The number of hydrogen-bond donors (Lipinski definition) is 0. The molecule has 6 heteroatoms. The van der Waals surface area contributed by atoms with Crippen molar-refractivity contribution in [1.29, 1.82) is 0 Å². The standard InChI is InChI=1S/C8H5BrClN3S/c1-4-11-8(10)7(13-12-4)5-2-3-6(9)14-5/h2-3H,1H3. The first-order valence-corrected chi connectivity index (χ1v) is 5.78. The fraction of sp³-hybridized carbons (Fsp3) is 0.125. The first-order chi connectivity index (χ1) is 6.66. The maximum atomic E-state index is 5.95. The Morgan fingerprint density at radius 1 is 1.36 bits per heavy atom. The normalized spacial score (nSPS) is 10.5. The van der Waals surface area contributed by atoms with E-state index in [4.69, 9.17) is 11.6 Å². The van der Waals surface area contributed by atoms with E-state index in [1.165, 1.54) is 0 Å². The maximum absolute atomic E-state index is 5.95. The SMILES string of the molecule is Cc1nnc(-c2ccc(Br)s2)c(Cl)n1. The monoisotopic (exact) mass is 289 g/mol. The number of halogens is 2. The van der Waals surface area contributed by atoms with Crippen LogP contribution in [0.5, 0.6) is 0 Å². The summed E-state index contributed by atoms with van der Waals surface area (Å²) in [5.74, 6) is 0.578. The fourth-order valence-corrected chi connectivity index (χ4v) is 2.66. The average molecular weight is 291 g/mol. The lowest BCUT2D eigenvalue weighted by molar-refractivity contribution is 0.916. The second kappa shape index (κ2) is 3.92. The third-order valence-corrected chi connectivity index (χ3v) is 3.45. The van der Waals surface area contributed by atoms with Crippen LogP contribution in [0.1, 0.15) is 5.82 Å². The topological polar surface area (TPSA) is 38.7 Å². The second-order valence-corrected chi connectivity index (χ2v) is 5.42. The number of aromatic nitrogens is 3. The molecule has 2 heterocycles. The van der Waals surface area contributed by atoms with Gasteiger partial charge in [-0.05, 0) is 35.0 Å². The molecule has 0 bridgehead atoms. The van der Waals surface area contributed by atoms with Crippen LogP contribution in [0.2, 0.25) is 5.15 Å². The number of thiophene rings is 1. The number of hydrogen-bond acceptors (Lipinski definition) is 4. The Morgan fingerprint density at radius 3 is 2.71 bits per heavy atom. The molecular formula is C8H5BrClN3S. The first-order valence-electron chi connectivity index (χ1n) is 3.79. The van der Waals surface area contributed by atoms with Crippen molar-refractivity contribution in [1.82, 2.24) is 15.2 Å². The van der Waals surface area contributed by atoms with E-state index in [0.717, 1.165) is 8.66 Å². The first kappa shape index (κ1) is 10.0. The summed E-state index contributed by atoms with van der Waals surface area (Å²) in [6, 6.07) is 3.87. The molecule has 0 radical (unpaired) electrons. The summed E-state index contributed by atoms with van der Waals surface area (Å²) >= 11 is 10.9. The highest BCUT2D eigenvalue weighted by Gasteiger charge is 2.09. The number of nitrogens with zero attached hydrogens (tertiary/aromatic N) is 3. The highest BCUT2D eigenvalue weighted by atomic mass is 79.9. The summed E-state index contributed by atoms with van der Waals surface area (Å²) in [4.78, 5) is 5.00. The summed E-state index contributed by atoms with van der Waals surface area (Å²) in [6.07, 6.45) is 0. The lowest BCUT2D eigenvalue weighted by Gasteiger charge is -1.98. The summed E-state index contributed by atoms with van der Waals surface area (Å²) in [7, 11) is 0. The van der Waals surface area contributed by atoms with E-state index in [1.54, 1.807) is 18.3 Å². The molecule has 0 unspecified atom stereocenters. The van der Waals surface area contributed by atoms with E-state index >= 15 is 0 Å². The highest BCUT2D eigenvalue weighted by Crippen LogP contribution is 2.32. The van der Waals surface area contributed by atoms with Gasteiger partial charge in [-0.25, -0.2) is 4.98 Å². The Hall–Kier alpha value is -0.520. The molecule has 0 saturated heterocycles. The lowest BCUT2D eigenvalue weighted by Crippen LogP contribution is -1.94. The van der Waals surface area contributed by atoms with Gasteiger partial charge < -0.3 is 0 Å². The van der Waals surface area contributed by atoms with E-state index in [-0.39, 0.29) is 0 Å². The van der Waals surface area contributed by atoms with Crippen molar-refractivity contribution in [2.45, 2.75) is 6.92 Å². The van der Waals surface area contributed by atoms with Crippen molar-refractivity contribution >= 4 is 38.9 Å². The van der Waals surface area contributed by atoms with Crippen molar-refractivity contribution < 1.29 is 0 Å². The molecule has 0 atom stereocenters. The Balaban J connectivity index is 2.52. The molecule has 0 aliphatic rings. The van der Waals surface area contributed by atoms with Crippen LogP contribution in [0.25, 0.3) is 10.6 Å². The van der Waals surface area contributed by atoms with Gasteiger partial charge in [0.1, 0.15) is 11.5 Å². The molecule has 0 fully saturated rings. The molecule has 2 aromatic heterocycles. The average Bonchev–Trinajstić information content (AvgIpc) is 2.51. The smallest absolute Gasteiger partial charge is 0.160 e. The molecule has 0 spiro atoms. The van der Waals surface area contributed by atoms with Gasteiger partial charge in [-0.2, -0.15) is 0 Å². The lowest BCUT2D eigenvalue weighted by atomic mass is 10.4. The largest absolute Gasteiger partial charge is 0.217 e. The van der Waals surface area contributed by atoms with Gasteiger partial charge in [-0.15, -0.1) is 21.5 Å². The molecule has 14 heavy (non-hydrogen) atoms. The zero-order valence-electron chi connectivity index (χ0n) is 7.16. The van der Waals surface area contributed by atoms with Crippen LogP contribution in [0.4, 0.5) is 0 Å². The van der Waals surface area contributed by atoms with Gasteiger partial charge in [0, 0.05) is 0 Å². The molecule has 0 aliphatic heterocycles. The van der Waals surface area contributed by atoms with Crippen LogP contribution in [0, 0.1) is 6.92 Å². The van der Waals surface area contributed by atoms with Crippen LogP contribution >= 0.6 is 38.9 Å². The molecule has 0 amide bonds. The van der Waals surface area contributed by atoms with Crippen LogP contribution in [0.3, 0.4) is 0 Å². The predicted molar refractivity (Wildman–Crippen MR) is 60.6 cm³/mol. The van der Waals surface area contributed by atoms with E-state index in [0.29, 0.717) is 16.7 Å². The van der Waals surface area contributed by atoms with Gasteiger partial charge >= 0.3 is 0 Å². The summed E-state index contributed by atoms with van der Waals surface area (Å²) in [5.41, 5.74) is 0.632. The van der Waals surface area contributed by atoms with Crippen molar-refractivity contribution in [3.8, 4) is 10.6 Å². The molecule has 0 aliphatic carbocycles. The predicted octanol–water partition coefficient (Wildman–Crippen LogP) is 3.32. The Kier molecular flexibility index (Phi) is 2.80. The fourth-order valence-electron chi connectivity index (χ4n) is 0.973. The number of rotatable bonds is 1. The molecular weight excluding hydrogens is 286 g/mol. The minimum Gasteiger partial charge on any atom is -0.217 e. The van der Waals surface area contributed by atoms with Crippen molar-refractivity contribution in [3.05, 3.63) is 26.9 Å². The van der Waals surface area contributed by atoms with E-state index in [2.05, 4.69) is 31.1 Å². The maximum Gasteiger partial charge on any atom is 0.160 e. The van der Waals surface area contributed by atoms with Crippen molar-refractivity contribution in [2.24, 2.45) is 0 Å². The molecule has 72 valence electrons. The van der Waals surface area contributed by atoms with Crippen LogP contribution in [-0.2, 0) is 0 Å². The Morgan fingerprint density at radius 2 is 2.14 bits per heavy atom. The van der Waals surface area contributed by atoms with E-state index in [1.807, 2.05) is 12.1 Å². The Labute approximate surface area is 98.3 Å². The minimum atomic E-state index is 0.395. The second-order valence-electron chi connectivity index (χ2n) is 2.60. The van der Waals surface area contributed by atoms with Gasteiger partial charge in [-0.1, -0.05) is 11.6 Å². The third-order valence-electron chi connectivity index (χ3n) is 1.56. The summed E-state index contributed by atoms with van der Waals surface area (Å²) in [5, 5.41) is 8.27. The van der Waals surface area contributed by atoms with Gasteiger partial charge in [0.2, 0.25) is 0 Å². The molecule has 0 N–H and O–H groups in total. The molecule has 2 aromatic rings. The Bertz CT molecular complexity index is 471. The number of aryl methyl sites for hydroxylation is 1. The van der Waals surface area contributed by atoms with Gasteiger partial charge in [-0.3, -0.25) is 0 Å². The van der Waals surface area contributed by atoms with E-state index in [9.17, 15) is 0 Å². The van der Waals surface area contributed by atoms with Crippen LogP contribution in [-0.4, -0.2) is 15.2 Å². The third kappa shape index (κ3) is 1.94. The quantitative estimate of drug-likeness (QED) is 0.808. The zero-order chi connectivity index (χ0) is 10.1. The minimum absolute atomic E-state index is 0.395. The molecule has 3 nitrogen and oxygen atoms in total. The van der Waals surface area contributed by atoms with Crippen molar-refractivity contribution in [2.75, 3.05) is 0 Å². The van der Waals surface area contributed by atoms with Gasteiger partial charge in [0.05, 0.1) is 8.66 Å². The molecule has 0 saturated carbocycles. The summed E-state index contributed by atoms with van der Waals surface area (Å²) < 4.78 is 1.03. The van der Waals surface area contributed by atoms with Crippen LogP contribution < -0.4 is 0 Å². The molecule has 0 aromatic carbocycles. The van der Waals surface area contributed by atoms with Gasteiger partial charge in [0.25, 0.3) is 0 Å².